The SMILES string of the molecule is COP(=O)(OC)C1Sc2cc(OCc3ccccn3)c(OCc3ccccn3)cc2S1. The van der Waals surface area contributed by atoms with Gasteiger partial charge in [-0.15, -0.1) is 0 Å². The van der Waals surface area contributed by atoms with Gasteiger partial charge in [0.15, 0.2) is 15.8 Å². The Morgan fingerprint density at radius 1 is 0.839 bits per heavy atom. The molecule has 10 heteroatoms. The molecule has 0 amide bonds. The van der Waals surface area contributed by atoms with Gasteiger partial charge in [0, 0.05) is 36.4 Å². The average molecular weight is 477 g/mol. The Kier molecular flexibility index (Phi) is 7.20. The Bertz CT molecular complexity index is 992. The van der Waals surface area contributed by atoms with E-state index in [1.54, 1.807) is 12.4 Å². The topological polar surface area (TPSA) is 79.8 Å². The zero-order chi connectivity index (χ0) is 21.7. The monoisotopic (exact) mass is 476 g/mol. The van der Waals surface area contributed by atoms with Crippen LogP contribution in [0.15, 0.2) is 70.7 Å². The molecule has 0 fully saturated rings. The highest BCUT2D eigenvalue weighted by molar-refractivity contribution is 8.25. The van der Waals surface area contributed by atoms with Crippen molar-refractivity contribution in [1.82, 2.24) is 9.97 Å². The molecule has 0 spiro atoms. The van der Waals surface area contributed by atoms with Crippen LogP contribution >= 0.6 is 31.1 Å². The first kappa shape index (κ1) is 22.2. The molecule has 0 aliphatic carbocycles. The molecule has 0 saturated carbocycles. The fraction of sp³-hybridized carbons (Fsp3) is 0.238. The minimum atomic E-state index is -3.24. The maximum Gasteiger partial charge on any atom is 0.353 e. The molecule has 3 heterocycles. The van der Waals surface area contributed by atoms with Gasteiger partial charge >= 0.3 is 7.60 Å². The van der Waals surface area contributed by atoms with Crippen LogP contribution in [0.4, 0.5) is 0 Å². The second kappa shape index (κ2) is 10.1. The van der Waals surface area contributed by atoms with Crippen molar-refractivity contribution in [3.63, 3.8) is 0 Å². The lowest BCUT2D eigenvalue weighted by Crippen LogP contribution is -2.02. The molecule has 0 saturated heterocycles. The van der Waals surface area contributed by atoms with Crippen LogP contribution in [-0.2, 0) is 26.8 Å². The Hall–Kier alpha value is -2.03. The molecule has 31 heavy (non-hydrogen) atoms. The molecule has 0 unspecified atom stereocenters. The lowest BCUT2D eigenvalue weighted by Gasteiger charge is -2.18. The quantitative estimate of drug-likeness (QED) is 0.367. The van der Waals surface area contributed by atoms with Crippen LogP contribution in [0, 0.1) is 0 Å². The highest BCUT2D eigenvalue weighted by Crippen LogP contribution is 2.68. The summed E-state index contributed by atoms with van der Waals surface area (Å²) >= 11 is 2.88. The number of pyridine rings is 2. The van der Waals surface area contributed by atoms with Gasteiger partial charge in [-0.25, -0.2) is 0 Å². The van der Waals surface area contributed by atoms with Crippen molar-refractivity contribution >= 4 is 31.1 Å². The van der Waals surface area contributed by atoms with Crippen molar-refractivity contribution in [1.29, 1.82) is 0 Å². The lowest BCUT2D eigenvalue weighted by molar-refractivity contribution is 0.250. The number of aromatic nitrogens is 2. The molecule has 0 atom stereocenters. The van der Waals surface area contributed by atoms with E-state index in [0.29, 0.717) is 24.7 Å². The highest BCUT2D eigenvalue weighted by Gasteiger charge is 2.41. The van der Waals surface area contributed by atoms with Gasteiger partial charge in [-0.05, 0) is 36.4 Å². The summed E-state index contributed by atoms with van der Waals surface area (Å²) in [5, 5.41) is 0. The molecular formula is C21H21N2O5PS2. The van der Waals surface area contributed by atoms with Crippen molar-refractivity contribution in [2.24, 2.45) is 0 Å². The first-order valence-electron chi connectivity index (χ1n) is 9.39. The van der Waals surface area contributed by atoms with Gasteiger partial charge in [0.05, 0.1) is 11.4 Å². The average Bonchev–Trinajstić information content (AvgIpc) is 3.25. The van der Waals surface area contributed by atoms with Crippen LogP contribution in [0.2, 0.25) is 0 Å². The smallest absolute Gasteiger partial charge is 0.353 e. The Labute approximate surface area is 189 Å². The van der Waals surface area contributed by atoms with Gasteiger partial charge in [-0.3, -0.25) is 14.5 Å². The van der Waals surface area contributed by atoms with E-state index in [4.69, 9.17) is 18.5 Å². The van der Waals surface area contributed by atoms with Crippen molar-refractivity contribution in [3.8, 4) is 11.5 Å². The summed E-state index contributed by atoms with van der Waals surface area (Å²) in [7, 11) is -0.444. The van der Waals surface area contributed by atoms with Crippen LogP contribution in [0.3, 0.4) is 0 Å². The van der Waals surface area contributed by atoms with E-state index in [1.807, 2.05) is 48.5 Å². The first-order chi connectivity index (χ1) is 15.1. The maximum absolute atomic E-state index is 12.8. The number of hydrogen-bond donors (Lipinski definition) is 0. The summed E-state index contributed by atoms with van der Waals surface area (Å²) in [5.41, 5.74) is 1.61. The van der Waals surface area contributed by atoms with E-state index in [-0.39, 0.29) is 0 Å². The zero-order valence-electron chi connectivity index (χ0n) is 17.0. The first-order valence-corrected chi connectivity index (χ1v) is 12.8. The standard InChI is InChI=1S/C21H21N2O5PS2/c1-25-29(24,26-2)21-30-19-11-17(27-13-15-7-3-5-9-22-15)18(12-20(19)31-21)28-14-16-8-4-6-10-23-16/h3-12,21H,13-14H2,1-2H3. The highest BCUT2D eigenvalue weighted by atomic mass is 32.2. The van der Waals surface area contributed by atoms with Crippen LogP contribution in [0.5, 0.6) is 11.5 Å². The largest absolute Gasteiger partial charge is 0.483 e. The molecule has 162 valence electrons. The summed E-state index contributed by atoms with van der Waals surface area (Å²) in [6, 6.07) is 15.1. The molecule has 0 radical (unpaired) electrons. The van der Waals surface area contributed by atoms with E-state index < -0.39 is 11.9 Å². The molecule has 4 rings (SSSR count). The second-order valence-corrected chi connectivity index (χ2v) is 12.0. The van der Waals surface area contributed by atoms with Gasteiger partial charge in [-0.1, -0.05) is 35.7 Å². The summed E-state index contributed by atoms with van der Waals surface area (Å²) in [6.07, 6.45) is 3.45. The third-order valence-corrected chi connectivity index (χ3v) is 10.4. The van der Waals surface area contributed by atoms with E-state index in [2.05, 4.69) is 9.97 Å². The molecule has 1 aromatic carbocycles. The number of thioether (sulfide) groups is 2. The fourth-order valence-corrected chi connectivity index (χ4v) is 8.30. The van der Waals surface area contributed by atoms with E-state index in [9.17, 15) is 4.57 Å². The Morgan fingerprint density at radius 3 is 1.71 bits per heavy atom. The molecule has 0 bridgehead atoms. The third kappa shape index (κ3) is 5.25. The molecule has 0 N–H and O–H groups in total. The number of benzene rings is 1. The Morgan fingerprint density at radius 2 is 1.32 bits per heavy atom. The molecule has 1 aliphatic heterocycles. The van der Waals surface area contributed by atoms with Gasteiger partial charge in [0.25, 0.3) is 0 Å². The second-order valence-electron chi connectivity index (χ2n) is 6.41. The van der Waals surface area contributed by atoms with Crippen LogP contribution in [-0.4, -0.2) is 28.5 Å². The van der Waals surface area contributed by atoms with Gasteiger partial charge in [0.2, 0.25) is 0 Å². The molecule has 3 aromatic rings. The van der Waals surface area contributed by atoms with Gasteiger partial charge in [0.1, 0.15) is 13.2 Å². The molecule has 2 aromatic heterocycles. The van der Waals surface area contributed by atoms with Crippen LogP contribution in [0.25, 0.3) is 0 Å². The summed E-state index contributed by atoms with van der Waals surface area (Å²) < 4.78 is 34.9. The van der Waals surface area contributed by atoms with Crippen molar-refractivity contribution < 1.29 is 23.1 Å². The summed E-state index contributed by atoms with van der Waals surface area (Å²) in [4.78, 5) is 10.5. The summed E-state index contributed by atoms with van der Waals surface area (Å²) in [5.74, 6) is 1.16. The van der Waals surface area contributed by atoms with Crippen LogP contribution in [0.1, 0.15) is 11.4 Å². The minimum Gasteiger partial charge on any atom is -0.483 e. The number of hydrogen-bond acceptors (Lipinski definition) is 9. The molecule has 1 aliphatic rings. The van der Waals surface area contributed by atoms with Crippen molar-refractivity contribution in [3.05, 3.63) is 72.3 Å². The number of nitrogens with zero attached hydrogens (tertiary/aromatic N) is 2. The van der Waals surface area contributed by atoms with E-state index in [0.717, 1.165) is 21.2 Å². The minimum absolute atomic E-state index is 0.301. The van der Waals surface area contributed by atoms with Crippen molar-refractivity contribution in [2.45, 2.75) is 27.3 Å². The van der Waals surface area contributed by atoms with Crippen LogP contribution < -0.4 is 9.47 Å². The lowest BCUT2D eigenvalue weighted by atomic mass is 10.3. The predicted molar refractivity (Wildman–Crippen MR) is 121 cm³/mol. The summed E-state index contributed by atoms with van der Waals surface area (Å²) in [6.45, 7) is 0.602. The van der Waals surface area contributed by atoms with E-state index >= 15 is 0 Å². The van der Waals surface area contributed by atoms with E-state index in [1.165, 1.54) is 37.7 Å². The molecular weight excluding hydrogens is 455 g/mol. The maximum atomic E-state index is 12.8. The number of fused-ring (bicyclic) bond motifs is 1. The fourth-order valence-electron chi connectivity index (χ4n) is 2.82. The number of ether oxygens (including phenoxy) is 2. The third-order valence-electron chi connectivity index (χ3n) is 4.44. The predicted octanol–water partition coefficient (Wildman–Crippen LogP) is 5.60. The van der Waals surface area contributed by atoms with Gasteiger partial charge in [-0.2, -0.15) is 0 Å². The zero-order valence-corrected chi connectivity index (χ0v) is 19.5. The van der Waals surface area contributed by atoms with Gasteiger partial charge < -0.3 is 18.5 Å². The van der Waals surface area contributed by atoms with Crippen molar-refractivity contribution in [2.75, 3.05) is 14.2 Å². The normalized spacial score (nSPS) is 13.7. The Balaban J connectivity index is 1.58. The number of rotatable bonds is 9. The molecule has 7 nitrogen and oxygen atoms in total.